The van der Waals surface area contributed by atoms with Gasteiger partial charge in [0.15, 0.2) is 10.8 Å². The van der Waals surface area contributed by atoms with E-state index in [2.05, 4.69) is 35.6 Å². The molecule has 0 saturated carbocycles. The van der Waals surface area contributed by atoms with Gasteiger partial charge >= 0.3 is 12.4 Å². The van der Waals surface area contributed by atoms with E-state index in [4.69, 9.17) is 47.9 Å². The van der Waals surface area contributed by atoms with E-state index in [9.17, 15) is 40.7 Å². The van der Waals surface area contributed by atoms with Crippen molar-refractivity contribution in [2.24, 2.45) is 10.7 Å². The normalized spacial score (nSPS) is 11.3. The van der Waals surface area contributed by atoms with E-state index in [0.717, 1.165) is 63.9 Å². The maximum absolute atomic E-state index is 13.0. The first-order chi connectivity index (χ1) is 31.6. The number of amides is 2. The van der Waals surface area contributed by atoms with Crippen molar-refractivity contribution < 1.29 is 59.7 Å². The van der Waals surface area contributed by atoms with Gasteiger partial charge in [0.25, 0.3) is 11.8 Å². The van der Waals surface area contributed by atoms with Gasteiger partial charge in [-0.05, 0) is 37.3 Å². The van der Waals surface area contributed by atoms with Gasteiger partial charge in [-0.3, -0.25) is 19.4 Å². The number of alkyl halides is 6. The van der Waals surface area contributed by atoms with Crippen LogP contribution in [0.4, 0.5) is 38.0 Å². The highest BCUT2D eigenvalue weighted by Gasteiger charge is 2.35. The van der Waals surface area contributed by atoms with Crippen LogP contribution in [-0.4, -0.2) is 71.7 Å². The quantitative estimate of drug-likeness (QED) is 0.0562. The molecule has 0 bridgehead atoms. The number of hydrogen-bond donors (Lipinski definition) is 3. The smallest absolute Gasteiger partial charge is 0.418 e. The van der Waals surface area contributed by atoms with Crippen molar-refractivity contribution in [3.63, 3.8) is 0 Å². The van der Waals surface area contributed by atoms with Crippen molar-refractivity contribution in [1.82, 2.24) is 19.9 Å². The van der Waals surface area contributed by atoms with Gasteiger partial charge in [-0.15, -0.1) is 22.7 Å². The molecule has 0 aliphatic rings. The molecule has 2 amide bonds. The first-order valence-electron chi connectivity index (χ1n) is 18.8. The first kappa shape index (κ1) is 53.2. The first-order valence-corrected chi connectivity index (χ1v) is 21.1. The zero-order valence-electron chi connectivity index (χ0n) is 35.9. The molecule has 4 N–H and O–H groups in total. The fourth-order valence-corrected chi connectivity index (χ4v) is 7.07. The van der Waals surface area contributed by atoms with Crippen LogP contribution in [0.1, 0.15) is 70.3 Å². The van der Waals surface area contributed by atoms with E-state index in [-0.39, 0.29) is 32.2 Å². The molecule has 0 aliphatic carbocycles. The number of aliphatic imine (C=N–C) groups is 1. The third kappa shape index (κ3) is 15.1. The fraction of sp³-hybridized carbons (Fsp3) is 0.238. The highest BCUT2D eigenvalue weighted by atomic mass is 35.5. The molecule has 356 valence electrons. The van der Waals surface area contributed by atoms with Crippen molar-refractivity contribution in [2.45, 2.75) is 39.3 Å². The Kier molecular flexibility index (Phi) is 19.0. The van der Waals surface area contributed by atoms with Gasteiger partial charge in [-0.2, -0.15) is 26.3 Å². The van der Waals surface area contributed by atoms with E-state index in [0.29, 0.717) is 47.4 Å². The maximum atomic E-state index is 13.0. The number of Topliss-reactive ketones (excluding diaryl/α,β-unsaturated/α-hetero) is 1. The maximum Gasteiger partial charge on any atom is 0.418 e. The van der Waals surface area contributed by atoms with Crippen LogP contribution in [0.15, 0.2) is 78.3 Å². The molecule has 6 rings (SSSR count). The van der Waals surface area contributed by atoms with Crippen molar-refractivity contribution in [1.29, 1.82) is 0 Å². The molecule has 4 heterocycles. The van der Waals surface area contributed by atoms with Crippen LogP contribution >= 0.6 is 45.9 Å². The second-order valence-corrected chi connectivity index (χ2v) is 16.0. The van der Waals surface area contributed by atoms with Gasteiger partial charge in [0.1, 0.15) is 49.4 Å². The number of nitrogens with zero attached hydrogens (tertiary/aromatic N) is 5. The molecule has 0 saturated heterocycles. The molecule has 67 heavy (non-hydrogen) atoms. The number of ether oxygens (including phenoxy) is 4. The lowest BCUT2D eigenvalue weighted by atomic mass is 10.2. The average Bonchev–Trinajstić information content (AvgIpc) is 4.01. The summed E-state index contributed by atoms with van der Waals surface area (Å²) in [6.45, 7) is 3.83. The second-order valence-electron chi connectivity index (χ2n) is 13.1. The number of methoxy groups -OCH3 is 4. The Morgan fingerprint density at radius 2 is 1.07 bits per heavy atom. The number of anilines is 2. The van der Waals surface area contributed by atoms with Crippen molar-refractivity contribution in [3.8, 4) is 23.0 Å². The Labute approximate surface area is 396 Å². The zero-order chi connectivity index (χ0) is 49.6. The summed E-state index contributed by atoms with van der Waals surface area (Å²) in [7, 11) is 6.35. The summed E-state index contributed by atoms with van der Waals surface area (Å²) in [4.78, 5) is 55.5. The second kappa shape index (κ2) is 23.9. The number of ketones is 1. The van der Waals surface area contributed by atoms with Crippen LogP contribution in [0.5, 0.6) is 23.0 Å². The summed E-state index contributed by atoms with van der Waals surface area (Å²) in [6.07, 6.45) is -5.21. The Hall–Kier alpha value is -6.40. The monoisotopic (exact) mass is 1010 g/mol. The molecular formula is C42H38Cl2F6N8O7S2. The van der Waals surface area contributed by atoms with Gasteiger partial charge in [0, 0.05) is 49.1 Å². The minimum atomic E-state index is -4.67. The third-order valence-electron chi connectivity index (χ3n) is 8.57. The Morgan fingerprint density at radius 3 is 1.48 bits per heavy atom. The molecular weight excluding hydrogens is 978 g/mol. The van der Waals surface area contributed by atoms with Crippen LogP contribution < -0.4 is 35.3 Å². The number of aromatic nitrogens is 4. The molecule has 0 atom stereocenters. The lowest BCUT2D eigenvalue weighted by molar-refractivity contribution is -0.138. The largest absolute Gasteiger partial charge is 0.497 e. The molecule has 25 heteroatoms. The van der Waals surface area contributed by atoms with Gasteiger partial charge in [0.2, 0.25) is 0 Å². The minimum Gasteiger partial charge on any atom is -0.497 e. The number of halogens is 8. The molecule has 0 unspecified atom stereocenters. The number of thiazole rings is 2. The van der Waals surface area contributed by atoms with E-state index >= 15 is 0 Å². The molecule has 6 aromatic rings. The van der Waals surface area contributed by atoms with Crippen LogP contribution in [0.2, 0.25) is 10.0 Å². The van der Waals surface area contributed by atoms with Gasteiger partial charge in [-0.25, -0.2) is 19.9 Å². The summed E-state index contributed by atoms with van der Waals surface area (Å²) in [5.74, 6) is 0.583. The Bertz CT molecular complexity index is 2740. The third-order valence-corrected chi connectivity index (χ3v) is 11.4. The standard InChI is InChI=1S/C21H18ClF3N4O3S.C12H7ClF3N3O2S.C9H13NO2/c1-11(26-8-12-4-5-13(31-2)6-16(12)32-3)20-28-10-17(33-20)19(30)29-18-7-14(21(23,24)25)15(22)9-27-18;1-5(20)11-18-4-8(22-11)10(21)19-9-2-6(12(14,15)16)7(13)3-17-9;1-11-8-4-3-7(6-10)9(5-8)12-2/h4-7,9-10H,8H2,1-3H3,(H,27,29,30);2-4H,1H3,(H,17,19,21);3-5H,6,10H2,1-2H3. The van der Waals surface area contributed by atoms with E-state index in [1.54, 1.807) is 47.5 Å². The highest BCUT2D eigenvalue weighted by Crippen LogP contribution is 2.37. The molecule has 0 aliphatic heterocycles. The number of pyridine rings is 2. The number of nitrogens with two attached hydrogens (primary N) is 1. The number of rotatable bonds is 13. The molecule has 0 fully saturated rings. The number of benzene rings is 2. The summed E-state index contributed by atoms with van der Waals surface area (Å²) in [5.41, 5.74) is 5.71. The number of nitrogens with one attached hydrogen (secondary N) is 2. The molecule has 0 spiro atoms. The Morgan fingerprint density at radius 1 is 0.642 bits per heavy atom. The van der Waals surface area contributed by atoms with Crippen LogP contribution in [0.3, 0.4) is 0 Å². The summed E-state index contributed by atoms with van der Waals surface area (Å²) >= 11 is 12.9. The average molecular weight is 1020 g/mol. The SMILES string of the molecule is CC(=O)c1ncc(C(=O)Nc2cc(C(F)(F)F)c(Cl)cn2)s1.COc1ccc(CN)c(OC)c1.COc1ccc(CN=C(C)c2ncc(C(=O)Nc3cc(C(F)(F)F)c(Cl)cn3)s2)c(OC)c1. The van der Waals surface area contributed by atoms with Crippen LogP contribution in [-0.2, 0) is 25.4 Å². The van der Waals surface area contributed by atoms with Crippen LogP contribution in [0.25, 0.3) is 0 Å². The topological polar surface area (TPSA) is 202 Å². The van der Waals surface area contributed by atoms with E-state index in [1.165, 1.54) is 13.1 Å². The fourth-order valence-electron chi connectivity index (χ4n) is 5.17. The van der Waals surface area contributed by atoms with E-state index < -0.39 is 45.3 Å². The van der Waals surface area contributed by atoms with Gasteiger partial charge < -0.3 is 35.3 Å². The Balaban J connectivity index is 0.000000246. The molecule has 2 aromatic carbocycles. The van der Waals surface area contributed by atoms with Crippen molar-refractivity contribution in [3.05, 3.63) is 125 Å². The number of carbonyl (C=O) groups is 3. The summed E-state index contributed by atoms with van der Waals surface area (Å²) in [5, 5.41) is 4.03. The lowest BCUT2D eigenvalue weighted by Crippen LogP contribution is -2.13. The zero-order valence-corrected chi connectivity index (χ0v) is 39.0. The minimum absolute atomic E-state index is 0.0792. The molecule has 15 nitrogen and oxygen atoms in total. The number of carbonyl (C=O) groups excluding carboxylic acids is 3. The summed E-state index contributed by atoms with van der Waals surface area (Å²) < 4.78 is 97.8. The highest BCUT2D eigenvalue weighted by molar-refractivity contribution is 7.16. The predicted molar refractivity (Wildman–Crippen MR) is 242 cm³/mol. The van der Waals surface area contributed by atoms with Crippen molar-refractivity contribution in [2.75, 3.05) is 39.1 Å². The van der Waals surface area contributed by atoms with Gasteiger partial charge in [0.05, 0.1) is 74.3 Å². The predicted octanol–water partition coefficient (Wildman–Crippen LogP) is 10.3. The molecule has 0 radical (unpaired) electrons. The van der Waals surface area contributed by atoms with Crippen molar-refractivity contribution >= 4 is 80.8 Å². The van der Waals surface area contributed by atoms with Gasteiger partial charge in [-0.1, -0.05) is 29.3 Å². The summed E-state index contributed by atoms with van der Waals surface area (Å²) in [6, 6.07) is 12.3. The lowest BCUT2D eigenvalue weighted by Gasteiger charge is -2.10. The van der Waals surface area contributed by atoms with E-state index in [1.807, 2.05) is 24.3 Å². The van der Waals surface area contributed by atoms with Crippen LogP contribution in [0, 0.1) is 0 Å². The number of hydrogen-bond acceptors (Lipinski definition) is 15. The molecule has 4 aromatic heterocycles.